The van der Waals surface area contributed by atoms with Crippen LogP contribution in [0.2, 0.25) is 0 Å². The summed E-state index contributed by atoms with van der Waals surface area (Å²) in [6.07, 6.45) is 0. The molecule has 0 unspecified atom stereocenters. The first-order valence-electron chi connectivity index (χ1n) is 9.19. The maximum absolute atomic E-state index is 9.74. The third kappa shape index (κ3) is 3.60. The van der Waals surface area contributed by atoms with Gasteiger partial charge in [0.25, 0.3) is 0 Å². The molecule has 3 N–H and O–H groups in total. The van der Waals surface area contributed by atoms with Gasteiger partial charge >= 0.3 is 0 Å². The number of benzene rings is 2. The highest BCUT2D eigenvalue weighted by Crippen LogP contribution is 2.43. The van der Waals surface area contributed by atoms with Gasteiger partial charge in [-0.2, -0.15) is 5.26 Å². The number of aromatic nitrogens is 2. The Bertz CT molecular complexity index is 1180. The monoisotopic (exact) mass is 466 g/mol. The molecule has 0 aliphatic carbocycles. The Hall–Kier alpha value is -3.44. The number of ether oxygens (including phenoxy) is 3. The van der Waals surface area contributed by atoms with Gasteiger partial charge in [0.05, 0.1) is 13.0 Å². The topological polar surface area (TPSA) is 106 Å². The lowest BCUT2D eigenvalue weighted by molar-refractivity contribution is 0.296. The fraction of sp³-hybridized carbons (Fsp3) is 0.182. The van der Waals surface area contributed by atoms with Gasteiger partial charge in [0, 0.05) is 21.3 Å². The van der Waals surface area contributed by atoms with Crippen LogP contribution in [0.3, 0.4) is 0 Å². The molecule has 8 heteroatoms. The average molecular weight is 467 g/mol. The third-order valence-corrected chi connectivity index (χ3v) is 5.45. The predicted octanol–water partition coefficient (Wildman–Crippen LogP) is 4.29. The number of H-pyrrole nitrogens is 1. The molecule has 0 spiro atoms. The van der Waals surface area contributed by atoms with Crippen molar-refractivity contribution in [3.05, 3.63) is 80.8 Å². The summed E-state index contributed by atoms with van der Waals surface area (Å²) in [5.74, 6) is 1.48. The molecule has 1 aromatic heterocycles. The highest BCUT2D eigenvalue weighted by atomic mass is 79.9. The molecule has 2 heterocycles. The van der Waals surface area contributed by atoms with E-state index in [1.54, 1.807) is 7.11 Å². The summed E-state index contributed by atoms with van der Waals surface area (Å²) in [6, 6.07) is 15.6. The summed E-state index contributed by atoms with van der Waals surface area (Å²) < 4.78 is 17.9. The molecule has 0 fully saturated rings. The number of nitriles is 1. The van der Waals surface area contributed by atoms with Gasteiger partial charge in [-0.25, -0.2) is 0 Å². The van der Waals surface area contributed by atoms with E-state index in [1.807, 2.05) is 49.4 Å². The molecule has 2 aromatic carbocycles. The Morgan fingerprint density at radius 1 is 1.30 bits per heavy atom. The summed E-state index contributed by atoms with van der Waals surface area (Å²) in [6.45, 7) is 2.19. The van der Waals surface area contributed by atoms with Crippen LogP contribution in [-0.4, -0.2) is 17.3 Å². The van der Waals surface area contributed by atoms with Gasteiger partial charge < -0.3 is 19.9 Å². The zero-order chi connectivity index (χ0) is 21.3. The minimum Gasteiger partial charge on any atom is -0.496 e. The number of aryl methyl sites for hydroxylation is 1. The van der Waals surface area contributed by atoms with Gasteiger partial charge in [0.1, 0.15) is 29.7 Å². The molecular weight excluding hydrogens is 448 g/mol. The van der Waals surface area contributed by atoms with E-state index in [0.717, 1.165) is 32.6 Å². The first kappa shape index (κ1) is 19.9. The maximum atomic E-state index is 9.74. The van der Waals surface area contributed by atoms with Gasteiger partial charge in [-0.1, -0.05) is 28.1 Å². The number of halogens is 1. The number of fused-ring (bicyclic) bond motifs is 1. The molecule has 0 saturated carbocycles. The highest BCUT2D eigenvalue weighted by molar-refractivity contribution is 9.10. The van der Waals surface area contributed by atoms with Crippen molar-refractivity contribution in [1.82, 2.24) is 10.2 Å². The molecule has 0 amide bonds. The van der Waals surface area contributed by atoms with E-state index in [0.29, 0.717) is 23.8 Å². The van der Waals surface area contributed by atoms with Crippen molar-refractivity contribution in [2.75, 3.05) is 7.11 Å². The molecule has 0 radical (unpaired) electrons. The summed E-state index contributed by atoms with van der Waals surface area (Å²) >= 11 is 3.45. The minimum absolute atomic E-state index is 0.0595. The van der Waals surface area contributed by atoms with Crippen LogP contribution in [0.1, 0.15) is 28.3 Å². The molecule has 30 heavy (non-hydrogen) atoms. The first-order chi connectivity index (χ1) is 14.5. The van der Waals surface area contributed by atoms with Crippen LogP contribution >= 0.6 is 15.9 Å². The number of nitrogens with zero attached hydrogens (tertiary/aromatic N) is 2. The molecule has 1 aliphatic heterocycles. The number of hydrogen-bond donors (Lipinski definition) is 2. The lowest BCUT2D eigenvalue weighted by atomic mass is 9.83. The molecule has 1 atom stereocenters. The number of rotatable bonds is 5. The van der Waals surface area contributed by atoms with E-state index in [-0.39, 0.29) is 5.88 Å². The van der Waals surface area contributed by atoms with Gasteiger partial charge in [-0.3, -0.25) is 5.10 Å². The second kappa shape index (κ2) is 8.13. The van der Waals surface area contributed by atoms with E-state index in [4.69, 9.17) is 19.9 Å². The van der Waals surface area contributed by atoms with E-state index >= 15 is 0 Å². The average Bonchev–Trinajstić information content (AvgIpc) is 3.11. The summed E-state index contributed by atoms with van der Waals surface area (Å²) in [5, 5.41) is 16.8. The van der Waals surface area contributed by atoms with Crippen LogP contribution in [0.5, 0.6) is 17.4 Å². The fourth-order valence-corrected chi connectivity index (χ4v) is 3.92. The van der Waals surface area contributed by atoms with Crippen molar-refractivity contribution in [1.29, 1.82) is 5.26 Å². The fourth-order valence-electron chi connectivity index (χ4n) is 3.54. The number of nitrogens with two attached hydrogens (primary N) is 1. The van der Waals surface area contributed by atoms with Gasteiger partial charge in [-0.15, -0.1) is 5.10 Å². The lowest BCUT2D eigenvalue weighted by Gasteiger charge is -2.24. The van der Waals surface area contributed by atoms with Crippen molar-refractivity contribution in [2.24, 2.45) is 5.73 Å². The zero-order valence-electron chi connectivity index (χ0n) is 16.4. The quantitative estimate of drug-likeness (QED) is 0.580. The Balaban J connectivity index is 1.74. The van der Waals surface area contributed by atoms with Crippen LogP contribution in [0.15, 0.2) is 58.4 Å². The molecule has 0 saturated heterocycles. The largest absolute Gasteiger partial charge is 0.496 e. The van der Waals surface area contributed by atoms with E-state index in [9.17, 15) is 5.26 Å². The smallest absolute Gasteiger partial charge is 0.244 e. The second-order valence-electron chi connectivity index (χ2n) is 6.81. The van der Waals surface area contributed by atoms with Crippen LogP contribution in [0, 0.1) is 18.3 Å². The Morgan fingerprint density at radius 3 is 2.87 bits per heavy atom. The SMILES string of the molecule is COc1ccc([C@@H]2C(C#N)=C(N)Oc3n[nH]c(C)c32)cc1COc1cccc(Br)c1. The number of methoxy groups -OCH3 is 1. The second-order valence-corrected chi connectivity index (χ2v) is 7.73. The molecular formula is C22H19BrN4O3. The summed E-state index contributed by atoms with van der Waals surface area (Å²) in [5.41, 5.74) is 9.69. The normalized spacial score (nSPS) is 15.2. The van der Waals surface area contributed by atoms with Crippen molar-refractivity contribution >= 4 is 15.9 Å². The minimum atomic E-state index is -0.395. The number of nitrogens with one attached hydrogen (secondary N) is 1. The molecule has 1 aliphatic rings. The zero-order valence-corrected chi connectivity index (χ0v) is 18.0. The van der Waals surface area contributed by atoms with Gasteiger partial charge in [0.2, 0.25) is 11.8 Å². The Kier molecular flexibility index (Phi) is 5.38. The molecule has 3 aromatic rings. The maximum Gasteiger partial charge on any atom is 0.244 e. The Morgan fingerprint density at radius 2 is 2.13 bits per heavy atom. The van der Waals surface area contributed by atoms with E-state index in [1.165, 1.54) is 0 Å². The summed E-state index contributed by atoms with van der Waals surface area (Å²) in [4.78, 5) is 0. The number of allylic oxidation sites excluding steroid dienone is 1. The third-order valence-electron chi connectivity index (χ3n) is 4.96. The standard InChI is InChI=1S/C22H19BrN4O3/c1-12-19-20(17(10-24)21(25)30-22(19)27-26-12)13-6-7-18(28-2)14(8-13)11-29-16-5-3-4-15(23)9-16/h3-9,20H,11,25H2,1-2H3,(H,26,27)/t20-/m1/s1. The van der Waals surface area contributed by atoms with E-state index < -0.39 is 5.92 Å². The summed E-state index contributed by atoms with van der Waals surface area (Å²) in [7, 11) is 1.61. The van der Waals surface area contributed by atoms with Crippen molar-refractivity contribution in [2.45, 2.75) is 19.4 Å². The van der Waals surface area contributed by atoms with Gasteiger partial charge in [0.15, 0.2) is 0 Å². The van der Waals surface area contributed by atoms with Crippen LogP contribution < -0.4 is 19.9 Å². The predicted molar refractivity (Wildman–Crippen MR) is 114 cm³/mol. The number of aromatic amines is 1. The van der Waals surface area contributed by atoms with Crippen LogP contribution in [0.4, 0.5) is 0 Å². The van der Waals surface area contributed by atoms with Crippen LogP contribution in [-0.2, 0) is 6.61 Å². The highest BCUT2D eigenvalue weighted by Gasteiger charge is 2.34. The molecule has 0 bridgehead atoms. The van der Waals surface area contributed by atoms with Crippen molar-refractivity contribution in [3.8, 4) is 23.4 Å². The Labute approximate surface area is 182 Å². The lowest BCUT2D eigenvalue weighted by Crippen LogP contribution is -2.21. The molecule has 4 rings (SSSR count). The van der Waals surface area contributed by atoms with Gasteiger partial charge in [-0.05, 0) is 42.8 Å². The first-order valence-corrected chi connectivity index (χ1v) is 9.98. The van der Waals surface area contributed by atoms with Crippen molar-refractivity contribution < 1.29 is 14.2 Å². The van der Waals surface area contributed by atoms with E-state index in [2.05, 4.69) is 32.2 Å². The number of hydrogen-bond acceptors (Lipinski definition) is 6. The van der Waals surface area contributed by atoms with Crippen LogP contribution in [0.25, 0.3) is 0 Å². The van der Waals surface area contributed by atoms with Crippen molar-refractivity contribution in [3.63, 3.8) is 0 Å². The molecule has 152 valence electrons. The molecule has 7 nitrogen and oxygen atoms in total.